The van der Waals surface area contributed by atoms with Crippen molar-refractivity contribution in [3.05, 3.63) is 46.7 Å². The molecule has 3 N–H and O–H groups in total. The van der Waals surface area contributed by atoms with E-state index in [0.717, 1.165) is 16.8 Å². The summed E-state index contributed by atoms with van der Waals surface area (Å²) in [5.41, 5.74) is 1.27. The van der Waals surface area contributed by atoms with Crippen molar-refractivity contribution in [3.63, 3.8) is 0 Å². The summed E-state index contributed by atoms with van der Waals surface area (Å²) >= 11 is 1.37. The summed E-state index contributed by atoms with van der Waals surface area (Å²) in [7, 11) is 0. The number of aromatic nitrogens is 4. The van der Waals surface area contributed by atoms with E-state index in [1.807, 2.05) is 19.1 Å². The van der Waals surface area contributed by atoms with E-state index in [1.54, 1.807) is 20.0 Å². The number of anilines is 2. The predicted molar refractivity (Wildman–Crippen MR) is 123 cm³/mol. The normalized spacial score (nSPS) is 20.3. The van der Waals surface area contributed by atoms with Crippen LogP contribution in [0.15, 0.2) is 24.5 Å². The number of nitrogens with one attached hydrogen (secondary N) is 1. The number of pyridine rings is 1. The Kier molecular flexibility index (Phi) is 6.40. The quantitative estimate of drug-likeness (QED) is 0.477. The van der Waals surface area contributed by atoms with Gasteiger partial charge in [0.05, 0.1) is 28.4 Å². The number of aliphatic carboxylic acids is 1. The maximum atomic E-state index is 13.5. The first-order valence-electron chi connectivity index (χ1n) is 10.8. The van der Waals surface area contributed by atoms with Gasteiger partial charge < -0.3 is 15.5 Å². The summed E-state index contributed by atoms with van der Waals surface area (Å²) in [5, 5.41) is 24.2. The minimum absolute atomic E-state index is 0.0475. The average Bonchev–Trinajstić information content (AvgIpc) is 3.27. The molecule has 1 saturated carbocycles. The summed E-state index contributed by atoms with van der Waals surface area (Å²) in [6, 6.07) is 3.67. The van der Waals surface area contributed by atoms with Crippen LogP contribution in [0.2, 0.25) is 0 Å². The van der Waals surface area contributed by atoms with Gasteiger partial charge in [-0.1, -0.05) is 0 Å². The van der Waals surface area contributed by atoms with Crippen LogP contribution in [-0.4, -0.2) is 36.1 Å². The third-order valence-electron chi connectivity index (χ3n) is 6.19. The van der Waals surface area contributed by atoms with E-state index in [9.17, 15) is 19.4 Å². The molecule has 0 amide bonds. The van der Waals surface area contributed by atoms with Crippen LogP contribution >= 0.6 is 11.3 Å². The van der Waals surface area contributed by atoms with Gasteiger partial charge in [-0.15, -0.1) is 11.3 Å². The fourth-order valence-corrected chi connectivity index (χ4v) is 5.21. The van der Waals surface area contributed by atoms with Crippen molar-refractivity contribution in [1.29, 1.82) is 0 Å². The highest BCUT2D eigenvalue weighted by Crippen LogP contribution is 2.43. The average molecular weight is 472 g/mol. The highest BCUT2D eigenvalue weighted by Gasteiger charge is 2.40. The van der Waals surface area contributed by atoms with E-state index in [0.29, 0.717) is 42.1 Å². The molecule has 10 heteroatoms. The van der Waals surface area contributed by atoms with Crippen LogP contribution in [0.1, 0.15) is 49.0 Å². The van der Waals surface area contributed by atoms with Gasteiger partial charge in [0.1, 0.15) is 10.6 Å². The standard InChI is InChI=1S/C23H26FN5O3S/c1-12-8-16(29-22-26-10-17(24)13(2)28-22)9-18(27-12)19-11-25-21(33-19)23(3,32)15-6-4-14(5-7-15)20(30)31/h8-11,14-15,32H,4-7H2,1-3H3,(H,30,31)(H,26,27,28,29)/t14-,15-,23-/m0/s1. The van der Waals surface area contributed by atoms with Crippen LogP contribution in [-0.2, 0) is 10.4 Å². The molecular formula is C23H26FN5O3S. The molecule has 33 heavy (non-hydrogen) atoms. The van der Waals surface area contributed by atoms with Crippen molar-refractivity contribution in [2.24, 2.45) is 11.8 Å². The van der Waals surface area contributed by atoms with Crippen LogP contribution in [0.5, 0.6) is 0 Å². The van der Waals surface area contributed by atoms with E-state index in [2.05, 4.69) is 25.3 Å². The topological polar surface area (TPSA) is 121 Å². The number of nitrogens with zero attached hydrogens (tertiary/aromatic N) is 4. The summed E-state index contributed by atoms with van der Waals surface area (Å²) in [6.45, 7) is 5.20. The van der Waals surface area contributed by atoms with E-state index in [-0.39, 0.29) is 23.5 Å². The molecular weight excluding hydrogens is 445 g/mol. The van der Waals surface area contributed by atoms with Gasteiger partial charge in [-0.25, -0.2) is 19.3 Å². The molecule has 0 radical (unpaired) electrons. The van der Waals surface area contributed by atoms with Crippen molar-refractivity contribution in [1.82, 2.24) is 19.9 Å². The Morgan fingerprint density at radius 2 is 1.88 bits per heavy atom. The third-order valence-corrected chi connectivity index (χ3v) is 7.44. The zero-order valence-corrected chi connectivity index (χ0v) is 19.5. The first kappa shape index (κ1) is 23.2. The van der Waals surface area contributed by atoms with Crippen LogP contribution in [0.25, 0.3) is 10.6 Å². The molecule has 1 atom stereocenters. The number of rotatable bonds is 6. The second-order valence-corrected chi connectivity index (χ2v) is 9.73. The van der Waals surface area contributed by atoms with Crippen molar-refractivity contribution in [2.75, 3.05) is 5.32 Å². The van der Waals surface area contributed by atoms with Crippen molar-refractivity contribution in [3.8, 4) is 10.6 Å². The molecule has 0 bridgehead atoms. The van der Waals surface area contributed by atoms with Gasteiger partial charge in [0, 0.05) is 17.6 Å². The Bertz CT molecular complexity index is 1170. The van der Waals surface area contributed by atoms with Crippen LogP contribution in [0, 0.1) is 31.5 Å². The van der Waals surface area contributed by atoms with E-state index < -0.39 is 17.4 Å². The number of thiazole rings is 1. The Balaban J connectivity index is 1.54. The SMILES string of the molecule is Cc1cc(Nc2ncc(F)c(C)n2)cc(-c2cnc([C@@](C)(O)[C@H]3CC[C@H](C(=O)O)CC3)s2)n1. The molecule has 0 saturated heterocycles. The summed E-state index contributed by atoms with van der Waals surface area (Å²) in [4.78, 5) is 29.2. The lowest BCUT2D eigenvalue weighted by atomic mass is 9.74. The number of aliphatic hydroxyl groups is 1. The molecule has 3 aromatic heterocycles. The summed E-state index contributed by atoms with van der Waals surface area (Å²) in [6.07, 6.45) is 5.24. The molecule has 4 rings (SSSR count). The highest BCUT2D eigenvalue weighted by atomic mass is 32.1. The number of carbonyl (C=O) groups is 1. The first-order valence-corrected chi connectivity index (χ1v) is 11.6. The number of aryl methyl sites for hydroxylation is 2. The van der Waals surface area contributed by atoms with Gasteiger partial charge in [-0.3, -0.25) is 9.78 Å². The maximum Gasteiger partial charge on any atom is 0.306 e. The van der Waals surface area contributed by atoms with Crippen molar-refractivity contribution >= 4 is 28.9 Å². The smallest absolute Gasteiger partial charge is 0.306 e. The Hall–Kier alpha value is -2.98. The highest BCUT2D eigenvalue weighted by molar-refractivity contribution is 7.15. The Labute approximate surface area is 195 Å². The van der Waals surface area contributed by atoms with Gasteiger partial charge in [0.25, 0.3) is 0 Å². The predicted octanol–water partition coefficient (Wildman–Crippen LogP) is 4.59. The van der Waals surface area contributed by atoms with Crippen LogP contribution in [0.3, 0.4) is 0 Å². The van der Waals surface area contributed by atoms with Gasteiger partial charge in [0.2, 0.25) is 5.95 Å². The molecule has 0 aromatic carbocycles. The van der Waals surface area contributed by atoms with E-state index >= 15 is 0 Å². The Morgan fingerprint density at radius 3 is 2.55 bits per heavy atom. The van der Waals surface area contributed by atoms with E-state index in [1.165, 1.54) is 11.3 Å². The van der Waals surface area contributed by atoms with Crippen LogP contribution in [0.4, 0.5) is 16.0 Å². The lowest BCUT2D eigenvalue weighted by Crippen LogP contribution is -2.35. The fourth-order valence-electron chi connectivity index (χ4n) is 4.21. The van der Waals surface area contributed by atoms with Crippen molar-refractivity contribution in [2.45, 2.75) is 52.1 Å². The second kappa shape index (κ2) is 9.11. The first-order chi connectivity index (χ1) is 15.6. The lowest BCUT2D eigenvalue weighted by molar-refractivity contribution is -0.144. The largest absolute Gasteiger partial charge is 0.481 e. The molecule has 3 heterocycles. The molecule has 1 aliphatic rings. The number of halogens is 1. The van der Waals surface area contributed by atoms with Gasteiger partial charge >= 0.3 is 5.97 Å². The molecule has 8 nitrogen and oxygen atoms in total. The summed E-state index contributed by atoms with van der Waals surface area (Å²) in [5.74, 6) is -1.32. The van der Waals surface area contributed by atoms with Gasteiger partial charge in [-0.2, -0.15) is 0 Å². The van der Waals surface area contributed by atoms with Crippen LogP contribution < -0.4 is 5.32 Å². The van der Waals surface area contributed by atoms with Crippen molar-refractivity contribution < 1.29 is 19.4 Å². The minimum atomic E-state index is -1.14. The fraction of sp³-hybridized carbons (Fsp3) is 0.435. The maximum absolute atomic E-state index is 13.5. The zero-order valence-electron chi connectivity index (χ0n) is 18.7. The number of carboxylic acids is 1. The molecule has 174 valence electrons. The monoisotopic (exact) mass is 471 g/mol. The molecule has 3 aromatic rings. The molecule has 1 aliphatic carbocycles. The number of hydrogen-bond donors (Lipinski definition) is 3. The van der Waals surface area contributed by atoms with Gasteiger partial charge in [-0.05, 0) is 64.5 Å². The zero-order chi connectivity index (χ0) is 23.8. The third kappa shape index (κ3) is 5.01. The molecule has 0 aliphatic heterocycles. The minimum Gasteiger partial charge on any atom is -0.481 e. The molecule has 0 unspecified atom stereocenters. The Morgan fingerprint density at radius 1 is 1.15 bits per heavy atom. The summed E-state index contributed by atoms with van der Waals surface area (Å²) < 4.78 is 13.5. The lowest BCUT2D eigenvalue weighted by Gasteiger charge is -2.35. The molecule has 1 fully saturated rings. The van der Waals surface area contributed by atoms with E-state index in [4.69, 9.17) is 0 Å². The number of hydrogen-bond acceptors (Lipinski definition) is 8. The van der Waals surface area contributed by atoms with Gasteiger partial charge in [0.15, 0.2) is 5.82 Å². The molecule has 0 spiro atoms. The number of carboxylic acid groups (broad SMARTS) is 1. The second-order valence-electron chi connectivity index (χ2n) is 8.70.